The summed E-state index contributed by atoms with van der Waals surface area (Å²) in [6, 6.07) is 5.93. The first-order chi connectivity index (χ1) is 8.83. The van der Waals surface area contributed by atoms with Gasteiger partial charge in [0, 0.05) is 25.2 Å². The zero-order valence-electron chi connectivity index (χ0n) is 11.5. The summed E-state index contributed by atoms with van der Waals surface area (Å²) in [4.78, 5) is 13.9. The van der Waals surface area contributed by atoms with Gasteiger partial charge < -0.3 is 10.6 Å². The van der Waals surface area contributed by atoms with Crippen LogP contribution in [0.4, 0.5) is 0 Å². The quantitative estimate of drug-likeness (QED) is 0.871. The van der Waals surface area contributed by atoms with E-state index in [9.17, 15) is 13.2 Å². The van der Waals surface area contributed by atoms with E-state index < -0.39 is 9.84 Å². The predicted molar refractivity (Wildman–Crippen MR) is 74.8 cm³/mol. The van der Waals surface area contributed by atoms with Crippen molar-refractivity contribution in [3.63, 3.8) is 0 Å². The second-order valence-corrected chi connectivity index (χ2v) is 6.71. The van der Waals surface area contributed by atoms with E-state index in [4.69, 9.17) is 5.73 Å². The minimum Gasteiger partial charge on any atom is -0.338 e. The number of carbonyl (C=O) groups is 1. The molecule has 0 aliphatic heterocycles. The summed E-state index contributed by atoms with van der Waals surface area (Å²) in [5.41, 5.74) is 5.97. The number of carbonyl (C=O) groups excluding carboxylic acids is 1. The number of hydrogen-bond acceptors (Lipinski definition) is 4. The third-order valence-electron chi connectivity index (χ3n) is 3.16. The molecule has 0 fully saturated rings. The van der Waals surface area contributed by atoms with Gasteiger partial charge in [-0.2, -0.15) is 0 Å². The monoisotopic (exact) mass is 284 g/mol. The number of likely N-dealkylation sites (N-methyl/N-ethyl adjacent to an activating group) is 1. The fraction of sp³-hybridized carbons (Fsp3) is 0.462. The van der Waals surface area contributed by atoms with Crippen LogP contribution in [0.15, 0.2) is 29.2 Å². The standard InChI is InChI=1S/C13H20N2O3S/c1-4-19(17,18)12-7-5-11(6-8-12)13(16)15(3)10(2)9-14/h5-8,10H,4,9,14H2,1-3H3. The van der Waals surface area contributed by atoms with Gasteiger partial charge in [-0.05, 0) is 31.2 Å². The zero-order valence-corrected chi connectivity index (χ0v) is 12.3. The summed E-state index contributed by atoms with van der Waals surface area (Å²) >= 11 is 0. The molecule has 0 aromatic heterocycles. The molecule has 2 N–H and O–H groups in total. The third kappa shape index (κ3) is 3.54. The van der Waals surface area contributed by atoms with Gasteiger partial charge in [-0.25, -0.2) is 8.42 Å². The zero-order chi connectivity index (χ0) is 14.6. The minimum atomic E-state index is -3.23. The lowest BCUT2D eigenvalue weighted by Gasteiger charge is -2.23. The SMILES string of the molecule is CCS(=O)(=O)c1ccc(C(=O)N(C)C(C)CN)cc1. The van der Waals surface area contributed by atoms with Crippen molar-refractivity contribution in [2.75, 3.05) is 19.3 Å². The first-order valence-corrected chi connectivity index (χ1v) is 7.78. The fourth-order valence-corrected chi connectivity index (χ4v) is 2.42. The molecule has 1 unspecified atom stereocenters. The van der Waals surface area contributed by atoms with Crippen LogP contribution in [0, 0.1) is 0 Å². The lowest BCUT2D eigenvalue weighted by Crippen LogP contribution is -2.39. The summed E-state index contributed by atoms with van der Waals surface area (Å²) < 4.78 is 23.3. The second kappa shape index (κ2) is 6.16. The molecule has 106 valence electrons. The highest BCUT2D eigenvalue weighted by atomic mass is 32.2. The van der Waals surface area contributed by atoms with Crippen LogP contribution in [0.2, 0.25) is 0 Å². The van der Waals surface area contributed by atoms with Crippen molar-refractivity contribution >= 4 is 15.7 Å². The predicted octanol–water partition coefficient (Wildman–Crippen LogP) is 0.899. The highest BCUT2D eigenvalue weighted by Gasteiger charge is 2.17. The Hall–Kier alpha value is -1.40. The molecular weight excluding hydrogens is 264 g/mol. The van der Waals surface area contributed by atoms with Crippen molar-refractivity contribution in [3.05, 3.63) is 29.8 Å². The summed E-state index contributed by atoms with van der Waals surface area (Å²) in [7, 11) is -1.55. The van der Waals surface area contributed by atoms with Gasteiger partial charge in [-0.1, -0.05) is 6.92 Å². The van der Waals surface area contributed by atoms with Gasteiger partial charge in [0.1, 0.15) is 0 Å². The molecule has 0 heterocycles. The van der Waals surface area contributed by atoms with Crippen LogP contribution < -0.4 is 5.73 Å². The Labute approximate surface area is 114 Å². The minimum absolute atomic E-state index is 0.0460. The molecule has 1 aromatic carbocycles. The Balaban J connectivity index is 2.97. The Kier molecular flexibility index (Phi) is 5.08. The number of nitrogens with zero attached hydrogens (tertiary/aromatic N) is 1. The van der Waals surface area contributed by atoms with E-state index in [-0.39, 0.29) is 22.6 Å². The number of benzene rings is 1. The van der Waals surface area contributed by atoms with E-state index >= 15 is 0 Å². The Bertz CT molecular complexity index is 538. The van der Waals surface area contributed by atoms with E-state index in [1.165, 1.54) is 24.3 Å². The average Bonchev–Trinajstić information content (AvgIpc) is 2.44. The van der Waals surface area contributed by atoms with Crippen LogP contribution in [-0.4, -0.2) is 44.6 Å². The van der Waals surface area contributed by atoms with Crippen LogP contribution in [-0.2, 0) is 9.84 Å². The van der Waals surface area contributed by atoms with Crippen LogP contribution in [0.5, 0.6) is 0 Å². The van der Waals surface area contributed by atoms with Crippen molar-refractivity contribution < 1.29 is 13.2 Å². The summed E-state index contributed by atoms with van der Waals surface area (Å²) in [6.45, 7) is 3.82. The van der Waals surface area contributed by atoms with Crippen LogP contribution >= 0.6 is 0 Å². The highest BCUT2D eigenvalue weighted by Crippen LogP contribution is 2.14. The molecule has 19 heavy (non-hydrogen) atoms. The molecule has 1 atom stereocenters. The fourth-order valence-electron chi connectivity index (χ4n) is 1.53. The molecule has 0 aliphatic carbocycles. The van der Waals surface area contributed by atoms with Gasteiger partial charge in [0.15, 0.2) is 9.84 Å². The van der Waals surface area contributed by atoms with Gasteiger partial charge in [0.25, 0.3) is 5.91 Å². The van der Waals surface area contributed by atoms with E-state index in [1.54, 1.807) is 18.9 Å². The molecule has 0 bridgehead atoms. The molecule has 0 saturated heterocycles. The first-order valence-electron chi connectivity index (χ1n) is 6.13. The number of nitrogens with two attached hydrogens (primary N) is 1. The maximum Gasteiger partial charge on any atom is 0.253 e. The van der Waals surface area contributed by atoms with Gasteiger partial charge in [-0.15, -0.1) is 0 Å². The summed E-state index contributed by atoms with van der Waals surface area (Å²) in [5, 5.41) is 0. The van der Waals surface area contributed by atoms with E-state index in [0.29, 0.717) is 12.1 Å². The highest BCUT2D eigenvalue weighted by molar-refractivity contribution is 7.91. The number of sulfone groups is 1. The molecule has 6 heteroatoms. The molecule has 0 saturated carbocycles. The lowest BCUT2D eigenvalue weighted by molar-refractivity contribution is 0.0748. The van der Waals surface area contributed by atoms with E-state index in [2.05, 4.69) is 0 Å². The molecule has 5 nitrogen and oxygen atoms in total. The average molecular weight is 284 g/mol. The Morgan fingerprint density at radius 3 is 2.26 bits per heavy atom. The summed E-state index contributed by atoms with van der Waals surface area (Å²) in [5.74, 6) is -0.122. The summed E-state index contributed by atoms with van der Waals surface area (Å²) in [6.07, 6.45) is 0. The van der Waals surface area contributed by atoms with Crippen LogP contribution in [0.3, 0.4) is 0 Å². The van der Waals surface area contributed by atoms with Crippen molar-refractivity contribution in [1.29, 1.82) is 0 Å². The van der Waals surface area contributed by atoms with Gasteiger partial charge >= 0.3 is 0 Å². The third-order valence-corrected chi connectivity index (χ3v) is 4.91. The van der Waals surface area contributed by atoms with Crippen molar-refractivity contribution in [2.24, 2.45) is 5.73 Å². The molecule has 1 amide bonds. The first kappa shape index (κ1) is 15.7. The maximum atomic E-state index is 12.1. The number of hydrogen-bond donors (Lipinski definition) is 1. The topological polar surface area (TPSA) is 80.5 Å². The van der Waals surface area contributed by atoms with Gasteiger partial charge in [0.2, 0.25) is 0 Å². The molecule has 1 rings (SSSR count). The number of rotatable bonds is 5. The molecular formula is C13H20N2O3S. The Morgan fingerprint density at radius 1 is 1.32 bits per heavy atom. The van der Waals surface area contributed by atoms with Crippen LogP contribution in [0.1, 0.15) is 24.2 Å². The maximum absolute atomic E-state index is 12.1. The largest absolute Gasteiger partial charge is 0.338 e. The van der Waals surface area contributed by atoms with E-state index in [1.807, 2.05) is 6.92 Å². The van der Waals surface area contributed by atoms with Crippen molar-refractivity contribution in [1.82, 2.24) is 4.90 Å². The smallest absolute Gasteiger partial charge is 0.253 e. The van der Waals surface area contributed by atoms with Crippen molar-refractivity contribution in [3.8, 4) is 0 Å². The van der Waals surface area contributed by atoms with Gasteiger partial charge in [-0.3, -0.25) is 4.79 Å². The molecule has 1 aromatic rings. The number of amides is 1. The second-order valence-electron chi connectivity index (χ2n) is 4.43. The lowest BCUT2D eigenvalue weighted by atomic mass is 10.2. The molecule has 0 radical (unpaired) electrons. The Morgan fingerprint density at radius 2 is 1.84 bits per heavy atom. The van der Waals surface area contributed by atoms with Crippen LogP contribution in [0.25, 0.3) is 0 Å². The normalized spacial score (nSPS) is 13.1. The van der Waals surface area contributed by atoms with Gasteiger partial charge in [0.05, 0.1) is 10.6 Å². The molecule has 0 aliphatic rings. The van der Waals surface area contributed by atoms with Crippen molar-refractivity contribution in [2.45, 2.75) is 24.8 Å². The molecule has 0 spiro atoms. The van der Waals surface area contributed by atoms with E-state index in [0.717, 1.165) is 0 Å².